The molecule has 14 heavy (non-hydrogen) atoms. The second kappa shape index (κ2) is 3.74. The molecule has 1 aromatic rings. The monoisotopic (exact) mass is 189 g/mol. The van der Waals surface area contributed by atoms with Crippen LogP contribution in [-0.4, -0.2) is 0 Å². The summed E-state index contributed by atoms with van der Waals surface area (Å²) in [7, 11) is 0. The molecule has 76 valence electrons. The van der Waals surface area contributed by atoms with Crippen LogP contribution in [0.4, 0.5) is 0 Å². The second-order valence-corrected chi connectivity index (χ2v) is 4.72. The summed E-state index contributed by atoms with van der Waals surface area (Å²) in [6.07, 6.45) is 4.89. The summed E-state index contributed by atoms with van der Waals surface area (Å²) < 4.78 is 0. The molecule has 1 aliphatic rings. The lowest BCUT2D eigenvalue weighted by Gasteiger charge is -2.37. The molecule has 2 N–H and O–H groups in total. The highest BCUT2D eigenvalue weighted by molar-refractivity contribution is 5.24. The molecule has 0 aromatic heterocycles. The van der Waals surface area contributed by atoms with Gasteiger partial charge in [0.15, 0.2) is 0 Å². The lowest BCUT2D eigenvalue weighted by Crippen LogP contribution is -2.40. The molecule has 0 unspecified atom stereocenters. The third-order valence-electron chi connectivity index (χ3n) is 3.38. The zero-order chi connectivity index (χ0) is 10.0. The first kappa shape index (κ1) is 9.72. The van der Waals surface area contributed by atoms with E-state index in [1.807, 2.05) is 0 Å². The molecule has 1 heteroatoms. The normalized spacial score (nSPS) is 32.9. The number of rotatable bonds is 1. The smallest absolute Gasteiger partial charge is 0.0412 e. The van der Waals surface area contributed by atoms with Crippen LogP contribution in [0.5, 0.6) is 0 Å². The van der Waals surface area contributed by atoms with E-state index in [0.29, 0.717) is 0 Å². The minimum absolute atomic E-state index is 0.0566. The Kier molecular flexibility index (Phi) is 2.60. The third-order valence-corrected chi connectivity index (χ3v) is 3.38. The van der Waals surface area contributed by atoms with Crippen LogP contribution in [-0.2, 0) is 5.54 Å². The summed E-state index contributed by atoms with van der Waals surface area (Å²) in [6.45, 7) is 2.31. The van der Waals surface area contributed by atoms with Gasteiger partial charge in [0.05, 0.1) is 0 Å². The zero-order valence-corrected chi connectivity index (χ0v) is 8.87. The van der Waals surface area contributed by atoms with E-state index < -0.39 is 0 Å². The maximum atomic E-state index is 6.47. The van der Waals surface area contributed by atoms with Gasteiger partial charge < -0.3 is 5.73 Å². The van der Waals surface area contributed by atoms with E-state index in [2.05, 4.69) is 37.3 Å². The van der Waals surface area contributed by atoms with Gasteiger partial charge in [0.1, 0.15) is 0 Å². The molecule has 0 bridgehead atoms. The van der Waals surface area contributed by atoms with Gasteiger partial charge in [-0.2, -0.15) is 0 Å². The summed E-state index contributed by atoms with van der Waals surface area (Å²) in [5.74, 6) is 0.772. The van der Waals surface area contributed by atoms with Crippen molar-refractivity contribution in [3.05, 3.63) is 35.9 Å². The van der Waals surface area contributed by atoms with Crippen LogP contribution in [0.15, 0.2) is 30.3 Å². The van der Waals surface area contributed by atoms with Gasteiger partial charge in [-0.25, -0.2) is 0 Å². The van der Waals surface area contributed by atoms with E-state index in [9.17, 15) is 0 Å². The Balaban J connectivity index is 2.23. The Morgan fingerprint density at radius 1 is 1.29 bits per heavy atom. The van der Waals surface area contributed by atoms with Crippen molar-refractivity contribution in [2.75, 3.05) is 0 Å². The van der Waals surface area contributed by atoms with Crippen molar-refractivity contribution in [3.8, 4) is 0 Å². The van der Waals surface area contributed by atoms with Crippen LogP contribution >= 0.6 is 0 Å². The van der Waals surface area contributed by atoms with Crippen molar-refractivity contribution in [1.29, 1.82) is 0 Å². The van der Waals surface area contributed by atoms with Gasteiger partial charge in [-0.1, -0.05) is 50.1 Å². The molecule has 1 nitrogen and oxygen atoms in total. The molecule has 0 saturated heterocycles. The zero-order valence-electron chi connectivity index (χ0n) is 8.87. The van der Waals surface area contributed by atoms with E-state index >= 15 is 0 Å². The highest BCUT2D eigenvalue weighted by Crippen LogP contribution is 2.37. The molecule has 0 heterocycles. The fourth-order valence-corrected chi connectivity index (χ4v) is 2.62. The molecule has 1 aliphatic carbocycles. The molecule has 0 aliphatic heterocycles. The first-order chi connectivity index (χ1) is 6.71. The van der Waals surface area contributed by atoms with Crippen molar-refractivity contribution in [2.24, 2.45) is 11.7 Å². The SMILES string of the molecule is C[C@H]1CCC[C@](N)(c2ccccc2)C1. The Hall–Kier alpha value is -0.820. The largest absolute Gasteiger partial charge is 0.321 e. The fraction of sp³-hybridized carbons (Fsp3) is 0.538. The first-order valence-electron chi connectivity index (χ1n) is 5.55. The Morgan fingerprint density at radius 3 is 2.64 bits per heavy atom. The van der Waals surface area contributed by atoms with Gasteiger partial charge in [-0.15, -0.1) is 0 Å². The molecular weight excluding hydrogens is 170 g/mol. The van der Waals surface area contributed by atoms with Crippen molar-refractivity contribution < 1.29 is 0 Å². The van der Waals surface area contributed by atoms with Crippen molar-refractivity contribution >= 4 is 0 Å². The van der Waals surface area contributed by atoms with Crippen LogP contribution in [0, 0.1) is 5.92 Å². The van der Waals surface area contributed by atoms with E-state index in [-0.39, 0.29) is 5.54 Å². The highest BCUT2D eigenvalue weighted by atomic mass is 14.7. The number of benzene rings is 1. The van der Waals surface area contributed by atoms with E-state index in [1.165, 1.54) is 18.4 Å². The summed E-state index contributed by atoms with van der Waals surface area (Å²) in [6, 6.07) is 10.6. The topological polar surface area (TPSA) is 26.0 Å². The van der Waals surface area contributed by atoms with E-state index in [1.54, 1.807) is 0 Å². The maximum absolute atomic E-state index is 6.47. The lowest BCUT2D eigenvalue weighted by molar-refractivity contribution is 0.239. The quantitative estimate of drug-likeness (QED) is 0.722. The predicted molar refractivity (Wildman–Crippen MR) is 59.9 cm³/mol. The average Bonchev–Trinajstić information content (AvgIpc) is 2.19. The van der Waals surface area contributed by atoms with E-state index in [0.717, 1.165) is 18.8 Å². The Labute approximate surface area is 86.3 Å². The molecule has 1 fully saturated rings. The fourth-order valence-electron chi connectivity index (χ4n) is 2.62. The Bertz CT molecular complexity index is 293. The molecule has 0 spiro atoms. The van der Waals surface area contributed by atoms with Crippen LogP contribution in [0.2, 0.25) is 0 Å². The summed E-state index contributed by atoms with van der Waals surface area (Å²) in [5, 5.41) is 0. The molecule has 2 atom stereocenters. The van der Waals surface area contributed by atoms with Gasteiger partial charge in [-0.05, 0) is 24.3 Å². The number of nitrogens with two attached hydrogens (primary N) is 1. The Morgan fingerprint density at radius 2 is 2.00 bits per heavy atom. The van der Waals surface area contributed by atoms with Gasteiger partial charge >= 0.3 is 0 Å². The van der Waals surface area contributed by atoms with Crippen molar-refractivity contribution in [2.45, 2.75) is 38.1 Å². The minimum Gasteiger partial charge on any atom is -0.321 e. The third kappa shape index (κ3) is 1.83. The lowest BCUT2D eigenvalue weighted by atomic mass is 9.73. The van der Waals surface area contributed by atoms with Gasteiger partial charge in [0.2, 0.25) is 0 Å². The summed E-state index contributed by atoms with van der Waals surface area (Å²) in [4.78, 5) is 0. The summed E-state index contributed by atoms with van der Waals surface area (Å²) in [5.41, 5.74) is 7.73. The van der Waals surface area contributed by atoms with Gasteiger partial charge in [0.25, 0.3) is 0 Å². The molecule has 1 aromatic carbocycles. The van der Waals surface area contributed by atoms with Crippen molar-refractivity contribution in [1.82, 2.24) is 0 Å². The van der Waals surface area contributed by atoms with Crippen LogP contribution in [0.1, 0.15) is 38.2 Å². The number of hydrogen-bond acceptors (Lipinski definition) is 1. The second-order valence-electron chi connectivity index (χ2n) is 4.72. The summed E-state index contributed by atoms with van der Waals surface area (Å²) >= 11 is 0. The molecular formula is C13H19N. The highest BCUT2D eigenvalue weighted by Gasteiger charge is 2.32. The molecule has 2 rings (SSSR count). The first-order valence-corrected chi connectivity index (χ1v) is 5.55. The average molecular weight is 189 g/mol. The van der Waals surface area contributed by atoms with Gasteiger partial charge in [0, 0.05) is 5.54 Å². The maximum Gasteiger partial charge on any atom is 0.0412 e. The molecule has 1 saturated carbocycles. The molecule has 0 amide bonds. The van der Waals surface area contributed by atoms with Crippen LogP contribution < -0.4 is 5.73 Å². The van der Waals surface area contributed by atoms with Crippen molar-refractivity contribution in [3.63, 3.8) is 0 Å². The molecule has 0 radical (unpaired) electrons. The minimum atomic E-state index is -0.0566. The number of hydrogen-bond donors (Lipinski definition) is 1. The standard InChI is InChI=1S/C13H19N/c1-11-6-5-9-13(14,10-11)12-7-3-2-4-8-12/h2-4,7-8,11H,5-6,9-10,14H2,1H3/t11-,13+/m0/s1. The van der Waals surface area contributed by atoms with Gasteiger partial charge in [-0.3, -0.25) is 0 Å². The van der Waals surface area contributed by atoms with Crippen LogP contribution in [0.3, 0.4) is 0 Å². The van der Waals surface area contributed by atoms with Crippen LogP contribution in [0.25, 0.3) is 0 Å². The van der Waals surface area contributed by atoms with E-state index in [4.69, 9.17) is 5.73 Å². The predicted octanol–water partition coefficient (Wildman–Crippen LogP) is 3.05.